The summed E-state index contributed by atoms with van der Waals surface area (Å²) in [6, 6.07) is 10.2. The quantitative estimate of drug-likeness (QED) is 0.297. The van der Waals surface area contributed by atoms with Gasteiger partial charge in [0.25, 0.3) is 15.9 Å². The smallest absolute Gasteiger partial charge is 0.406 e. The third kappa shape index (κ3) is 5.49. The van der Waals surface area contributed by atoms with Crippen LogP contribution in [-0.4, -0.2) is 29.9 Å². The predicted molar refractivity (Wildman–Crippen MR) is 120 cm³/mol. The fourth-order valence-electron chi connectivity index (χ4n) is 3.38. The van der Waals surface area contributed by atoms with Crippen LogP contribution >= 0.6 is 11.6 Å². The molecule has 194 valence electrons. The Hall–Kier alpha value is -3.78. The third-order valence-corrected chi connectivity index (χ3v) is 6.82. The lowest BCUT2D eigenvalue weighted by atomic mass is 10.1. The lowest BCUT2D eigenvalue weighted by Crippen LogP contribution is -2.19. The second kappa shape index (κ2) is 9.27. The Morgan fingerprint density at radius 2 is 1.68 bits per heavy atom. The minimum atomic E-state index is -5.05. The normalized spacial score (nSPS) is 12.5. The molecule has 1 aromatic heterocycles. The van der Waals surface area contributed by atoms with E-state index in [0.29, 0.717) is 16.2 Å². The minimum absolute atomic E-state index is 0.100. The van der Waals surface area contributed by atoms with Gasteiger partial charge in [0, 0.05) is 17.1 Å². The molecule has 3 aromatic carbocycles. The number of aromatic nitrogens is 2. The monoisotopic (exact) mass is 563 g/mol. The molecule has 4 rings (SSSR count). The summed E-state index contributed by atoms with van der Waals surface area (Å²) in [6.45, 7) is 0. The summed E-state index contributed by atoms with van der Waals surface area (Å²) in [4.78, 5) is 12.1. The molecule has 4 aromatic rings. The number of alkyl halides is 6. The zero-order valence-corrected chi connectivity index (χ0v) is 19.5. The van der Waals surface area contributed by atoms with E-state index in [2.05, 4.69) is 15.2 Å². The van der Waals surface area contributed by atoms with Crippen molar-refractivity contribution >= 4 is 44.1 Å². The molecule has 1 heterocycles. The van der Waals surface area contributed by atoms with Crippen LogP contribution in [0.5, 0.6) is 5.75 Å². The van der Waals surface area contributed by atoms with Crippen molar-refractivity contribution in [2.24, 2.45) is 0 Å². The number of nitrogens with one attached hydrogen (secondary N) is 1. The number of carbonyl (C=O) groups is 1. The van der Waals surface area contributed by atoms with Crippen LogP contribution in [0.3, 0.4) is 0 Å². The highest BCUT2D eigenvalue weighted by atomic mass is 35.5. The van der Waals surface area contributed by atoms with Gasteiger partial charge in [-0.05, 0) is 42.5 Å². The number of fused-ring (bicyclic) bond motifs is 1. The van der Waals surface area contributed by atoms with Gasteiger partial charge in [-0.25, -0.2) is 0 Å². The topological polar surface area (TPSA) is 90.3 Å². The summed E-state index contributed by atoms with van der Waals surface area (Å²) in [7, 11) is -4.55. The number of hydrogen-bond donors (Lipinski definition) is 1. The van der Waals surface area contributed by atoms with E-state index in [1.54, 1.807) is 0 Å². The Morgan fingerprint density at radius 1 is 0.973 bits per heavy atom. The van der Waals surface area contributed by atoms with Crippen LogP contribution in [0.15, 0.2) is 71.8 Å². The Kier molecular flexibility index (Phi) is 6.58. The van der Waals surface area contributed by atoms with Crippen molar-refractivity contribution < 1.29 is 44.3 Å². The number of halogens is 7. The maximum Gasteiger partial charge on any atom is 0.573 e. The van der Waals surface area contributed by atoms with Gasteiger partial charge in [0.05, 0.1) is 32.8 Å². The molecule has 1 amide bonds. The van der Waals surface area contributed by atoms with Crippen molar-refractivity contribution in [2.75, 3.05) is 5.32 Å². The first-order valence-corrected chi connectivity index (χ1v) is 11.7. The second-order valence-electron chi connectivity index (χ2n) is 7.40. The van der Waals surface area contributed by atoms with Crippen LogP contribution in [0.2, 0.25) is 5.02 Å². The lowest BCUT2D eigenvalue weighted by molar-refractivity contribution is -0.274. The average Bonchev–Trinajstić information content (AvgIpc) is 3.21. The highest BCUT2D eigenvalue weighted by molar-refractivity contribution is 7.90. The van der Waals surface area contributed by atoms with Gasteiger partial charge in [-0.1, -0.05) is 23.7 Å². The molecule has 7 nitrogen and oxygen atoms in total. The van der Waals surface area contributed by atoms with Crippen LogP contribution in [0.25, 0.3) is 10.9 Å². The van der Waals surface area contributed by atoms with Gasteiger partial charge in [0.15, 0.2) is 0 Å². The van der Waals surface area contributed by atoms with Gasteiger partial charge in [0.1, 0.15) is 5.75 Å². The van der Waals surface area contributed by atoms with E-state index >= 15 is 0 Å². The first-order chi connectivity index (χ1) is 17.2. The average molecular weight is 564 g/mol. The zero-order chi connectivity index (χ0) is 27.2. The third-order valence-electron chi connectivity index (χ3n) is 4.91. The maximum absolute atomic E-state index is 13.4. The Morgan fingerprint density at radius 3 is 2.35 bits per heavy atom. The van der Waals surface area contributed by atoms with Gasteiger partial charge in [-0.15, -0.1) is 13.2 Å². The van der Waals surface area contributed by atoms with Crippen molar-refractivity contribution in [3.8, 4) is 5.75 Å². The van der Waals surface area contributed by atoms with Crippen LogP contribution < -0.4 is 10.1 Å². The summed E-state index contributed by atoms with van der Waals surface area (Å²) < 4.78 is 108. The summed E-state index contributed by atoms with van der Waals surface area (Å²) >= 11 is 5.85. The highest BCUT2D eigenvalue weighted by Crippen LogP contribution is 2.35. The molecule has 0 unspecified atom stereocenters. The fraction of sp³-hybridized carbons (Fsp3) is 0.0909. The molecular weight excluding hydrogens is 552 g/mol. The van der Waals surface area contributed by atoms with E-state index in [1.807, 2.05) is 0 Å². The summed E-state index contributed by atoms with van der Waals surface area (Å²) in [6.07, 6.45) is -8.79. The Bertz CT molecular complexity index is 1620. The molecular formula is C22H12ClF6N3O4S. The molecule has 0 spiro atoms. The van der Waals surface area contributed by atoms with Gasteiger partial charge in [-0.3, -0.25) is 4.79 Å². The molecule has 0 fully saturated rings. The Balaban J connectivity index is 1.71. The summed E-state index contributed by atoms with van der Waals surface area (Å²) in [5, 5.41) is 5.80. The molecule has 1 N–H and O–H groups in total. The van der Waals surface area contributed by atoms with Crippen molar-refractivity contribution in [1.29, 1.82) is 0 Å². The van der Waals surface area contributed by atoms with Crippen molar-refractivity contribution in [3.05, 3.63) is 83.0 Å². The molecule has 0 aliphatic carbocycles. The van der Waals surface area contributed by atoms with Gasteiger partial charge in [-0.2, -0.15) is 30.8 Å². The highest BCUT2D eigenvalue weighted by Gasteiger charge is 2.36. The van der Waals surface area contributed by atoms with Crippen LogP contribution in [-0.2, 0) is 16.2 Å². The van der Waals surface area contributed by atoms with Crippen LogP contribution in [0.4, 0.5) is 32.0 Å². The molecule has 0 bridgehead atoms. The Labute approximate surface area is 209 Å². The second-order valence-corrected chi connectivity index (χ2v) is 9.58. The van der Waals surface area contributed by atoms with E-state index in [9.17, 15) is 39.6 Å². The number of ether oxygens (including phenoxy) is 1. The lowest BCUT2D eigenvalue weighted by Gasteiger charge is -2.14. The standard InChI is InChI=1S/C22H12ClF6N3O4S/c23-17-6-2-5-16(21(24,25)26)19(17)20(33)31-13-8-7-12-11-30-32(18(12)9-13)37(34,35)15-4-1-3-14(10-15)36-22(27,28)29/h1-11H,(H,31,33). The van der Waals surface area contributed by atoms with Crippen LogP contribution in [0.1, 0.15) is 15.9 Å². The number of carbonyl (C=O) groups excluding carboxylic acids is 1. The van der Waals surface area contributed by atoms with E-state index < -0.39 is 55.3 Å². The first-order valence-electron chi connectivity index (χ1n) is 9.93. The molecule has 0 radical (unpaired) electrons. The molecule has 0 aliphatic heterocycles. The maximum atomic E-state index is 13.4. The molecule has 37 heavy (non-hydrogen) atoms. The number of rotatable bonds is 5. The number of nitrogens with zero attached hydrogens (tertiary/aromatic N) is 2. The van der Waals surface area contributed by atoms with E-state index in [4.69, 9.17) is 11.6 Å². The van der Waals surface area contributed by atoms with Crippen molar-refractivity contribution in [2.45, 2.75) is 17.4 Å². The number of benzene rings is 3. The van der Waals surface area contributed by atoms with E-state index in [0.717, 1.165) is 42.6 Å². The number of amides is 1. The van der Waals surface area contributed by atoms with Crippen molar-refractivity contribution in [1.82, 2.24) is 9.19 Å². The largest absolute Gasteiger partial charge is 0.573 e. The molecule has 0 saturated heterocycles. The summed E-state index contributed by atoms with van der Waals surface area (Å²) in [5.74, 6) is -1.98. The molecule has 0 aliphatic rings. The minimum Gasteiger partial charge on any atom is -0.406 e. The van der Waals surface area contributed by atoms with Gasteiger partial charge >= 0.3 is 12.5 Å². The fourth-order valence-corrected chi connectivity index (χ4v) is 4.94. The molecule has 15 heteroatoms. The van der Waals surface area contributed by atoms with Gasteiger partial charge < -0.3 is 10.1 Å². The van der Waals surface area contributed by atoms with E-state index in [1.165, 1.54) is 12.1 Å². The van der Waals surface area contributed by atoms with Crippen molar-refractivity contribution in [3.63, 3.8) is 0 Å². The SMILES string of the molecule is O=C(Nc1ccc2cnn(S(=O)(=O)c3cccc(OC(F)(F)F)c3)c2c1)c1c(Cl)cccc1C(F)(F)F. The molecule has 0 atom stereocenters. The zero-order valence-electron chi connectivity index (χ0n) is 17.9. The van der Waals surface area contributed by atoms with E-state index in [-0.39, 0.29) is 16.6 Å². The first kappa shape index (κ1) is 26.3. The number of hydrogen-bond acceptors (Lipinski definition) is 5. The van der Waals surface area contributed by atoms with Gasteiger partial charge in [0.2, 0.25) is 0 Å². The van der Waals surface area contributed by atoms with Crippen LogP contribution in [0, 0.1) is 0 Å². The summed E-state index contributed by atoms with van der Waals surface area (Å²) in [5.41, 5.74) is -2.32. The predicted octanol–water partition coefficient (Wildman–Crippen LogP) is 6.10. The molecule has 0 saturated carbocycles. The number of anilines is 1.